The lowest BCUT2D eigenvalue weighted by molar-refractivity contribution is -0.385. The van der Waals surface area contributed by atoms with Crippen LogP contribution < -0.4 is 5.43 Å². The van der Waals surface area contributed by atoms with Gasteiger partial charge in [0.15, 0.2) is 0 Å². The average Bonchev–Trinajstić information content (AvgIpc) is 2.51. The molecule has 23 heavy (non-hydrogen) atoms. The Morgan fingerprint density at radius 1 is 1.17 bits per heavy atom. The fraction of sp³-hybridized carbons (Fsp3) is 0.0667. The van der Waals surface area contributed by atoms with Crippen LogP contribution in [-0.4, -0.2) is 26.8 Å². The van der Waals surface area contributed by atoms with Crippen molar-refractivity contribution in [2.75, 3.05) is 0 Å². The molecule has 0 atom stereocenters. The molecule has 1 amide bonds. The van der Waals surface area contributed by atoms with Crippen molar-refractivity contribution in [3.8, 4) is 11.5 Å². The monoisotopic (exact) mass is 315 g/mol. The van der Waals surface area contributed by atoms with Crippen molar-refractivity contribution in [2.24, 2.45) is 5.10 Å². The number of nitro benzene ring substituents is 1. The van der Waals surface area contributed by atoms with Crippen molar-refractivity contribution >= 4 is 17.3 Å². The molecule has 8 nitrogen and oxygen atoms in total. The predicted octanol–water partition coefficient (Wildman–Crippen LogP) is 2.16. The van der Waals surface area contributed by atoms with Gasteiger partial charge in [0.25, 0.3) is 11.6 Å². The van der Waals surface area contributed by atoms with Crippen LogP contribution in [0.4, 0.5) is 5.69 Å². The summed E-state index contributed by atoms with van der Waals surface area (Å²) in [5, 5.41) is 33.6. The molecule has 0 saturated heterocycles. The van der Waals surface area contributed by atoms with Gasteiger partial charge in [0.05, 0.1) is 10.6 Å². The Labute approximate surface area is 130 Å². The number of amides is 1. The lowest BCUT2D eigenvalue weighted by atomic mass is 10.1. The molecular weight excluding hydrogens is 302 g/mol. The van der Waals surface area contributed by atoms with E-state index in [0.717, 1.165) is 6.07 Å². The van der Waals surface area contributed by atoms with Crippen LogP contribution in [0.1, 0.15) is 22.8 Å². The summed E-state index contributed by atoms with van der Waals surface area (Å²) in [6.45, 7) is 1.55. The summed E-state index contributed by atoms with van der Waals surface area (Å²) in [6.07, 6.45) is 0. The third kappa shape index (κ3) is 3.82. The molecule has 0 bridgehead atoms. The maximum absolute atomic E-state index is 12.0. The van der Waals surface area contributed by atoms with Gasteiger partial charge in [-0.25, -0.2) is 5.43 Å². The molecule has 0 aromatic heterocycles. The summed E-state index contributed by atoms with van der Waals surface area (Å²) >= 11 is 0. The number of nitro groups is 1. The largest absolute Gasteiger partial charge is 0.508 e. The molecule has 0 spiro atoms. The Morgan fingerprint density at radius 3 is 2.39 bits per heavy atom. The Balaban J connectivity index is 2.22. The van der Waals surface area contributed by atoms with Crippen LogP contribution in [0, 0.1) is 10.1 Å². The van der Waals surface area contributed by atoms with Gasteiger partial charge in [0.2, 0.25) is 0 Å². The van der Waals surface area contributed by atoms with Gasteiger partial charge in [0.1, 0.15) is 17.1 Å². The minimum atomic E-state index is -0.735. The number of benzene rings is 2. The number of nitrogens with one attached hydrogen (secondary N) is 1. The summed E-state index contributed by atoms with van der Waals surface area (Å²) in [7, 11) is 0. The molecule has 2 aromatic carbocycles. The van der Waals surface area contributed by atoms with Crippen molar-refractivity contribution in [3.05, 3.63) is 63.7 Å². The quantitative estimate of drug-likeness (QED) is 0.453. The van der Waals surface area contributed by atoms with E-state index >= 15 is 0 Å². The Hall–Kier alpha value is -3.42. The number of phenolic OH excluding ortho intramolecular Hbond substituents is 2. The maximum atomic E-state index is 12.0. The number of rotatable bonds is 4. The number of para-hydroxylation sites is 1. The number of carbonyl (C=O) groups excluding carboxylic acids is 1. The highest BCUT2D eigenvalue weighted by molar-refractivity contribution is 6.02. The van der Waals surface area contributed by atoms with Crippen LogP contribution in [0.3, 0.4) is 0 Å². The highest BCUT2D eigenvalue weighted by Crippen LogP contribution is 2.21. The number of hydrogen-bond donors (Lipinski definition) is 3. The second-order valence-corrected chi connectivity index (χ2v) is 4.65. The molecule has 118 valence electrons. The van der Waals surface area contributed by atoms with E-state index in [1.807, 2.05) is 0 Å². The lowest BCUT2D eigenvalue weighted by Crippen LogP contribution is -2.20. The van der Waals surface area contributed by atoms with Crippen molar-refractivity contribution in [3.63, 3.8) is 0 Å². The summed E-state index contributed by atoms with van der Waals surface area (Å²) < 4.78 is 0. The smallest absolute Gasteiger partial charge is 0.282 e. The zero-order valence-electron chi connectivity index (χ0n) is 12.1. The first-order chi connectivity index (χ1) is 10.9. The van der Waals surface area contributed by atoms with Crippen LogP contribution in [0.25, 0.3) is 0 Å². The van der Waals surface area contributed by atoms with Crippen LogP contribution in [0.5, 0.6) is 11.5 Å². The molecular formula is C15H13N3O5. The van der Waals surface area contributed by atoms with E-state index in [0.29, 0.717) is 11.3 Å². The van der Waals surface area contributed by atoms with E-state index in [1.165, 1.54) is 36.4 Å². The zero-order chi connectivity index (χ0) is 17.0. The first-order valence-corrected chi connectivity index (χ1v) is 6.50. The molecule has 0 aliphatic heterocycles. The molecule has 2 rings (SSSR count). The summed E-state index contributed by atoms with van der Waals surface area (Å²) in [5.41, 5.74) is 2.47. The Kier molecular flexibility index (Phi) is 4.55. The van der Waals surface area contributed by atoms with Crippen LogP contribution >= 0.6 is 0 Å². The Morgan fingerprint density at radius 2 is 1.78 bits per heavy atom. The summed E-state index contributed by atoms with van der Waals surface area (Å²) in [5.74, 6) is -1.04. The van der Waals surface area contributed by atoms with Crippen molar-refractivity contribution in [2.45, 2.75) is 6.92 Å². The molecule has 0 fully saturated rings. The molecule has 2 aromatic rings. The summed E-state index contributed by atoms with van der Waals surface area (Å²) in [4.78, 5) is 22.3. The van der Waals surface area contributed by atoms with E-state index < -0.39 is 10.8 Å². The molecule has 3 N–H and O–H groups in total. The molecule has 0 unspecified atom stereocenters. The number of carbonyl (C=O) groups is 1. The van der Waals surface area contributed by atoms with Gasteiger partial charge in [-0.2, -0.15) is 5.10 Å². The van der Waals surface area contributed by atoms with Gasteiger partial charge in [0, 0.05) is 17.7 Å². The van der Waals surface area contributed by atoms with E-state index in [-0.39, 0.29) is 22.7 Å². The van der Waals surface area contributed by atoms with Crippen LogP contribution in [0.2, 0.25) is 0 Å². The topological polar surface area (TPSA) is 125 Å². The standard InChI is InChI=1S/C15H13N3O5/c1-9(10-6-11(19)8-12(20)7-10)16-17-15(21)13-4-2-3-5-14(13)18(22)23/h2-8,19-20H,1H3,(H,17,21). The number of phenols is 2. The van der Waals surface area contributed by atoms with E-state index in [4.69, 9.17) is 0 Å². The first-order valence-electron chi connectivity index (χ1n) is 6.50. The number of aromatic hydroxyl groups is 2. The van der Waals surface area contributed by atoms with Crippen molar-refractivity contribution < 1.29 is 19.9 Å². The minimum Gasteiger partial charge on any atom is -0.508 e. The number of hydrogen-bond acceptors (Lipinski definition) is 6. The fourth-order valence-electron chi connectivity index (χ4n) is 1.89. The second-order valence-electron chi connectivity index (χ2n) is 4.65. The van der Waals surface area contributed by atoms with E-state index in [2.05, 4.69) is 10.5 Å². The minimum absolute atomic E-state index is 0.118. The van der Waals surface area contributed by atoms with Gasteiger partial charge in [-0.3, -0.25) is 14.9 Å². The van der Waals surface area contributed by atoms with Crippen molar-refractivity contribution in [1.82, 2.24) is 5.43 Å². The molecule has 0 aliphatic rings. The molecule has 0 saturated carbocycles. The lowest BCUT2D eigenvalue weighted by Gasteiger charge is -2.05. The predicted molar refractivity (Wildman–Crippen MR) is 82.5 cm³/mol. The molecule has 0 radical (unpaired) electrons. The highest BCUT2D eigenvalue weighted by Gasteiger charge is 2.18. The fourth-order valence-corrected chi connectivity index (χ4v) is 1.89. The van der Waals surface area contributed by atoms with Crippen LogP contribution in [-0.2, 0) is 0 Å². The van der Waals surface area contributed by atoms with Gasteiger partial charge in [-0.1, -0.05) is 12.1 Å². The summed E-state index contributed by atoms with van der Waals surface area (Å²) in [6, 6.07) is 9.37. The highest BCUT2D eigenvalue weighted by atomic mass is 16.6. The van der Waals surface area contributed by atoms with Gasteiger partial charge in [-0.05, 0) is 25.1 Å². The third-order valence-electron chi connectivity index (χ3n) is 2.99. The third-order valence-corrected chi connectivity index (χ3v) is 2.99. The van der Waals surface area contributed by atoms with E-state index in [1.54, 1.807) is 6.92 Å². The van der Waals surface area contributed by atoms with Gasteiger partial charge >= 0.3 is 0 Å². The molecule has 0 heterocycles. The zero-order valence-corrected chi connectivity index (χ0v) is 12.1. The number of nitrogens with zero attached hydrogens (tertiary/aromatic N) is 2. The maximum Gasteiger partial charge on any atom is 0.282 e. The first kappa shape index (κ1) is 16.0. The Bertz CT molecular complexity index is 781. The molecule has 8 heteroatoms. The number of hydrazone groups is 1. The van der Waals surface area contributed by atoms with Gasteiger partial charge in [-0.15, -0.1) is 0 Å². The van der Waals surface area contributed by atoms with Crippen molar-refractivity contribution in [1.29, 1.82) is 0 Å². The van der Waals surface area contributed by atoms with E-state index in [9.17, 15) is 25.1 Å². The second kappa shape index (κ2) is 6.56. The van der Waals surface area contributed by atoms with Gasteiger partial charge < -0.3 is 10.2 Å². The SMILES string of the molecule is CC(=NNC(=O)c1ccccc1[N+](=O)[O-])c1cc(O)cc(O)c1. The van der Waals surface area contributed by atoms with Crippen LogP contribution in [0.15, 0.2) is 47.6 Å². The molecule has 0 aliphatic carbocycles. The average molecular weight is 315 g/mol. The normalized spacial score (nSPS) is 11.1.